The highest BCUT2D eigenvalue weighted by atomic mass is 79.9. The Bertz CT molecular complexity index is 417. The maximum absolute atomic E-state index is 11.8. The van der Waals surface area contributed by atoms with Gasteiger partial charge < -0.3 is 11.1 Å². The van der Waals surface area contributed by atoms with Gasteiger partial charge in [0.25, 0.3) is 5.91 Å². The van der Waals surface area contributed by atoms with Gasteiger partial charge in [-0.3, -0.25) is 9.59 Å². The van der Waals surface area contributed by atoms with Crippen molar-refractivity contribution in [1.82, 2.24) is 10.3 Å². The number of hydrogen-bond donors (Lipinski definition) is 2. The number of aromatic nitrogens is 1. The second kappa shape index (κ2) is 5.77. The number of nitrogens with two attached hydrogens (primary N) is 1. The minimum absolute atomic E-state index is 0.0557. The average Bonchev–Trinajstić information content (AvgIpc) is 2.25. The Hall–Kier alpha value is -1.43. The first-order valence-electron chi connectivity index (χ1n) is 5.13. The van der Waals surface area contributed by atoms with Crippen LogP contribution in [0.25, 0.3) is 0 Å². The molecule has 0 aliphatic heterocycles. The average molecular weight is 300 g/mol. The molecule has 0 spiro atoms. The quantitative estimate of drug-likeness (QED) is 0.816. The molecule has 1 aromatic heterocycles. The summed E-state index contributed by atoms with van der Waals surface area (Å²) in [6.07, 6.45) is 1.43. The van der Waals surface area contributed by atoms with Crippen LogP contribution in [-0.2, 0) is 4.79 Å². The monoisotopic (exact) mass is 299 g/mol. The van der Waals surface area contributed by atoms with Crippen LogP contribution in [0.15, 0.2) is 22.9 Å². The van der Waals surface area contributed by atoms with E-state index in [-0.39, 0.29) is 11.8 Å². The van der Waals surface area contributed by atoms with Crippen molar-refractivity contribution in [1.29, 1.82) is 0 Å². The van der Waals surface area contributed by atoms with Crippen molar-refractivity contribution in [2.75, 3.05) is 0 Å². The molecule has 0 saturated heterocycles. The highest BCUT2D eigenvalue weighted by molar-refractivity contribution is 9.10. The van der Waals surface area contributed by atoms with E-state index in [1.165, 1.54) is 6.20 Å². The molecular weight excluding hydrogens is 286 g/mol. The standard InChI is InChI=1S/C11H14BrN3O2/c1-6(2)9(10(13)16)15-11(17)7-3-4-8(12)14-5-7/h3-6,9H,1-2H3,(H2,13,16)(H,15,17). The third-order valence-electron chi connectivity index (χ3n) is 2.25. The van der Waals surface area contributed by atoms with Crippen molar-refractivity contribution in [3.63, 3.8) is 0 Å². The number of carbonyl (C=O) groups excluding carboxylic acids is 2. The van der Waals surface area contributed by atoms with Crippen molar-refractivity contribution in [3.8, 4) is 0 Å². The van der Waals surface area contributed by atoms with E-state index in [4.69, 9.17) is 5.73 Å². The summed E-state index contributed by atoms with van der Waals surface area (Å²) in [7, 11) is 0. The second-order valence-corrected chi connectivity index (χ2v) is 4.78. The van der Waals surface area contributed by atoms with E-state index in [0.717, 1.165) is 0 Å². The Morgan fingerprint density at radius 1 is 1.41 bits per heavy atom. The zero-order valence-corrected chi connectivity index (χ0v) is 11.2. The van der Waals surface area contributed by atoms with Crippen molar-refractivity contribution in [2.45, 2.75) is 19.9 Å². The molecule has 0 aliphatic carbocycles. The van der Waals surface area contributed by atoms with E-state index in [2.05, 4.69) is 26.2 Å². The molecule has 3 N–H and O–H groups in total. The van der Waals surface area contributed by atoms with Gasteiger partial charge in [-0.2, -0.15) is 0 Å². The van der Waals surface area contributed by atoms with Gasteiger partial charge in [-0.1, -0.05) is 13.8 Å². The zero-order chi connectivity index (χ0) is 13.0. The summed E-state index contributed by atoms with van der Waals surface area (Å²) in [5, 5.41) is 2.58. The van der Waals surface area contributed by atoms with Gasteiger partial charge in [0.1, 0.15) is 10.6 Å². The predicted octanol–water partition coefficient (Wildman–Crippen LogP) is 1.08. The Labute approximate surface area is 108 Å². The lowest BCUT2D eigenvalue weighted by molar-refractivity contribution is -0.120. The molecule has 0 fully saturated rings. The van der Waals surface area contributed by atoms with Crippen LogP contribution in [0.5, 0.6) is 0 Å². The van der Waals surface area contributed by atoms with Crippen LogP contribution in [0.4, 0.5) is 0 Å². The SMILES string of the molecule is CC(C)C(NC(=O)c1ccc(Br)nc1)C(N)=O. The van der Waals surface area contributed by atoms with E-state index in [1.54, 1.807) is 12.1 Å². The Morgan fingerprint density at radius 2 is 2.06 bits per heavy atom. The third-order valence-corrected chi connectivity index (χ3v) is 2.72. The van der Waals surface area contributed by atoms with Crippen LogP contribution in [0, 0.1) is 5.92 Å². The lowest BCUT2D eigenvalue weighted by atomic mass is 10.0. The van der Waals surface area contributed by atoms with Gasteiger partial charge >= 0.3 is 0 Å². The number of nitrogens with zero attached hydrogens (tertiary/aromatic N) is 1. The molecule has 2 amide bonds. The van der Waals surface area contributed by atoms with Crippen LogP contribution < -0.4 is 11.1 Å². The normalized spacial score (nSPS) is 12.2. The minimum Gasteiger partial charge on any atom is -0.368 e. The number of carbonyl (C=O) groups is 2. The molecule has 1 unspecified atom stereocenters. The summed E-state index contributed by atoms with van der Waals surface area (Å²) in [5.74, 6) is -0.958. The van der Waals surface area contributed by atoms with Crippen molar-refractivity contribution >= 4 is 27.7 Å². The molecule has 92 valence electrons. The Kier molecular flexibility index (Phi) is 4.62. The highest BCUT2D eigenvalue weighted by Gasteiger charge is 2.22. The summed E-state index contributed by atoms with van der Waals surface area (Å²) in [5.41, 5.74) is 5.60. The summed E-state index contributed by atoms with van der Waals surface area (Å²) in [6.45, 7) is 3.63. The first-order chi connectivity index (χ1) is 7.91. The summed E-state index contributed by atoms with van der Waals surface area (Å²) in [6, 6.07) is 2.60. The molecule has 1 heterocycles. The lowest BCUT2D eigenvalue weighted by Gasteiger charge is -2.18. The Morgan fingerprint density at radius 3 is 2.47 bits per heavy atom. The van der Waals surface area contributed by atoms with E-state index >= 15 is 0 Å². The summed E-state index contributed by atoms with van der Waals surface area (Å²) in [4.78, 5) is 26.9. The van der Waals surface area contributed by atoms with E-state index in [0.29, 0.717) is 10.2 Å². The third kappa shape index (κ3) is 3.81. The molecule has 0 radical (unpaired) electrons. The fraction of sp³-hybridized carbons (Fsp3) is 0.364. The van der Waals surface area contributed by atoms with Crippen LogP contribution in [0.3, 0.4) is 0 Å². The van der Waals surface area contributed by atoms with Crippen LogP contribution >= 0.6 is 15.9 Å². The number of halogens is 1. The lowest BCUT2D eigenvalue weighted by Crippen LogP contribution is -2.47. The van der Waals surface area contributed by atoms with Gasteiger partial charge in [-0.15, -0.1) is 0 Å². The van der Waals surface area contributed by atoms with Gasteiger partial charge in [0, 0.05) is 6.20 Å². The van der Waals surface area contributed by atoms with Gasteiger partial charge in [-0.05, 0) is 34.0 Å². The van der Waals surface area contributed by atoms with Crippen molar-refractivity contribution in [3.05, 3.63) is 28.5 Å². The number of nitrogens with one attached hydrogen (secondary N) is 1. The molecule has 0 bridgehead atoms. The van der Waals surface area contributed by atoms with Crippen LogP contribution in [-0.4, -0.2) is 22.8 Å². The van der Waals surface area contributed by atoms with Crippen molar-refractivity contribution in [2.24, 2.45) is 11.7 Å². The first kappa shape index (κ1) is 13.6. The van der Waals surface area contributed by atoms with Gasteiger partial charge in [0.15, 0.2) is 0 Å². The number of primary amides is 1. The van der Waals surface area contributed by atoms with Gasteiger partial charge in [0.2, 0.25) is 5.91 Å². The molecular formula is C11H14BrN3O2. The van der Waals surface area contributed by atoms with Crippen LogP contribution in [0.1, 0.15) is 24.2 Å². The molecule has 5 nitrogen and oxygen atoms in total. The maximum atomic E-state index is 11.8. The number of pyridine rings is 1. The van der Waals surface area contributed by atoms with Gasteiger partial charge in [-0.25, -0.2) is 4.98 Å². The second-order valence-electron chi connectivity index (χ2n) is 3.97. The molecule has 17 heavy (non-hydrogen) atoms. The first-order valence-corrected chi connectivity index (χ1v) is 5.93. The molecule has 1 atom stereocenters. The highest BCUT2D eigenvalue weighted by Crippen LogP contribution is 2.07. The smallest absolute Gasteiger partial charge is 0.253 e. The fourth-order valence-electron chi connectivity index (χ4n) is 1.30. The Balaban J connectivity index is 2.77. The zero-order valence-electron chi connectivity index (χ0n) is 9.61. The van der Waals surface area contributed by atoms with E-state index < -0.39 is 11.9 Å². The summed E-state index contributed by atoms with van der Waals surface area (Å²) < 4.78 is 0.643. The van der Waals surface area contributed by atoms with E-state index in [9.17, 15) is 9.59 Å². The molecule has 6 heteroatoms. The molecule has 0 saturated carbocycles. The minimum atomic E-state index is -0.675. The molecule has 0 aliphatic rings. The predicted molar refractivity (Wildman–Crippen MR) is 67.2 cm³/mol. The van der Waals surface area contributed by atoms with Crippen LogP contribution in [0.2, 0.25) is 0 Å². The molecule has 1 aromatic rings. The molecule has 0 aromatic carbocycles. The number of rotatable bonds is 4. The topological polar surface area (TPSA) is 85.1 Å². The van der Waals surface area contributed by atoms with Gasteiger partial charge in [0.05, 0.1) is 5.56 Å². The van der Waals surface area contributed by atoms with Crippen molar-refractivity contribution < 1.29 is 9.59 Å². The fourth-order valence-corrected chi connectivity index (χ4v) is 1.54. The number of amides is 2. The largest absolute Gasteiger partial charge is 0.368 e. The summed E-state index contributed by atoms with van der Waals surface area (Å²) >= 11 is 3.17. The molecule has 1 rings (SSSR count). The maximum Gasteiger partial charge on any atom is 0.253 e. The van der Waals surface area contributed by atoms with E-state index in [1.807, 2.05) is 13.8 Å². The number of hydrogen-bond acceptors (Lipinski definition) is 3.